The molecule has 0 aromatic carbocycles. The molecule has 0 unspecified atom stereocenters. The van der Waals surface area contributed by atoms with Gasteiger partial charge in [-0.1, -0.05) is 0 Å². The second-order valence-electron chi connectivity index (χ2n) is 0.192. The minimum absolute atomic E-state index is 0. The molecule has 0 fully saturated rings. The van der Waals surface area contributed by atoms with Crippen LogP contribution in [0.25, 0.3) is 0 Å². The zero-order valence-electron chi connectivity index (χ0n) is 3.02. The van der Waals surface area contributed by atoms with Gasteiger partial charge in [0.25, 0.3) is 0 Å². The van der Waals surface area contributed by atoms with Crippen molar-refractivity contribution in [2.45, 2.75) is 0 Å². The van der Waals surface area contributed by atoms with Gasteiger partial charge in [-0.05, 0) is 0 Å². The van der Waals surface area contributed by atoms with Crippen molar-refractivity contribution in [1.82, 2.24) is 6.15 Å². The second-order valence-corrected chi connectivity index (χ2v) is 0.192. The van der Waals surface area contributed by atoms with Gasteiger partial charge < -0.3 is 11.8 Å². The Morgan fingerprint density at radius 3 is 1.60 bits per heavy atom. The van der Waals surface area contributed by atoms with Crippen LogP contribution in [0.5, 0.6) is 0 Å². The van der Waals surface area contributed by atoms with E-state index in [1.807, 2.05) is 0 Å². The van der Waals surface area contributed by atoms with Crippen LogP contribution in [0.1, 0.15) is 0 Å². The summed E-state index contributed by atoms with van der Waals surface area (Å²) >= 11 is 0. The fraction of sp³-hybridized carbons (Fsp3) is 0. The summed E-state index contributed by atoms with van der Waals surface area (Å²) in [5.74, 6) is 0. The van der Waals surface area contributed by atoms with Gasteiger partial charge in [0.2, 0.25) is 0 Å². The molecule has 0 heterocycles. The number of hydrogen-bond donors (Lipinski definition) is 2. The van der Waals surface area contributed by atoms with E-state index in [1.165, 1.54) is 0 Å². The molecule has 0 bridgehead atoms. The molecular formula is H5B3N2. The van der Waals surface area contributed by atoms with Crippen molar-refractivity contribution in [1.29, 1.82) is 0 Å². The van der Waals surface area contributed by atoms with Gasteiger partial charge in [0.05, 0.1) is 0 Å². The second kappa shape index (κ2) is 32.1. The molecule has 0 aliphatic rings. The lowest BCUT2D eigenvalue weighted by molar-refractivity contribution is 1.98. The first-order chi connectivity index (χ1) is 1.41. The Labute approximate surface area is 36.3 Å². The maximum absolute atomic E-state index is 4.50. The normalized spacial score (nSPS) is 2.60. The van der Waals surface area contributed by atoms with E-state index in [-0.39, 0.29) is 14.6 Å². The van der Waals surface area contributed by atoms with Crippen LogP contribution in [0, 0.1) is 0 Å². The first-order valence-electron chi connectivity index (χ1n) is 0.667. The first-order valence-corrected chi connectivity index (χ1v) is 0.667. The van der Waals surface area contributed by atoms with Crippen molar-refractivity contribution in [3.8, 4) is 0 Å². The maximum Gasteiger partial charge on any atom is 0.140 e. The average Bonchev–Trinajstić information content (AvgIpc) is 0.918. The minimum atomic E-state index is 0. The van der Waals surface area contributed by atoms with Gasteiger partial charge in [-0.15, -0.1) is 0 Å². The summed E-state index contributed by atoms with van der Waals surface area (Å²) in [5.41, 5.74) is 4.50. The zero-order valence-corrected chi connectivity index (χ0v) is 3.02. The van der Waals surface area contributed by atoms with E-state index >= 15 is 0 Å². The van der Waals surface area contributed by atoms with Crippen molar-refractivity contribution >= 4 is 23.5 Å². The van der Waals surface area contributed by atoms with Crippen LogP contribution >= 0.6 is 0 Å². The maximum atomic E-state index is 4.50. The molecular weight excluding hydrogens is 60.4 g/mol. The van der Waals surface area contributed by atoms with Crippen LogP contribution in [0.2, 0.25) is 0 Å². The van der Waals surface area contributed by atoms with Crippen molar-refractivity contribution in [2.75, 3.05) is 0 Å². The third-order valence-electron chi connectivity index (χ3n) is 0. The quantitative estimate of drug-likeness (QED) is 0.335. The third-order valence-corrected chi connectivity index (χ3v) is 0. The van der Waals surface area contributed by atoms with E-state index in [2.05, 4.69) is 13.4 Å². The molecule has 5 heavy (non-hydrogen) atoms. The van der Waals surface area contributed by atoms with Crippen molar-refractivity contribution < 1.29 is 0 Å². The Kier molecular flexibility index (Phi) is 124. The molecule has 2 nitrogen and oxygen atoms in total. The highest BCUT2D eigenvalue weighted by Gasteiger charge is 1.42. The smallest absolute Gasteiger partial charge is 0.140 e. The standard InChI is InChI=1S/B2H2N.B.H3N/c1-2-3;;/h3H2;;1H3. The molecule has 0 amide bonds. The summed E-state index contributed by atoms with van der Waals surface area (Å²) < 4.78 is 0. The molecule has 0 aromatic heterocycles. The largest absolute Gasteiger partial charge is 0.382 e. The van der Waals surface area contributed by atoms with Crippen molar-refractivity contribution in [2.24, 2.45) is 5.64 Å². The highest BCUT2D eigenvalue weighted by atomic mass is 14.3. The van der Waals surface area contributed by atoms with Crippen LogP contribution in [0.3, 0.4) is 0 Å². The third kappa shape index (κ3) is 1400. The van der Waals surface area contributed by atoms with Gasteiger partial charge in [0, 0.05) is 16.2 Å². The van der Waals surface area contributed by atoms with Gasteiger partial charge >= 0.3 is 0 Å². The number of nitrogens with two attached hydrogens (primary N) is 1. The Morgan fingerprint density at radius 2 is 1.60 bits per heavy atom. The van der Waals surface area contributed by atoms with Gasteiger partial charge in [-0.3, -0.25) is 0 Å². The van der Waals surface area contributed by atoms with Crippen molar-refractivity contribution in [3.63, 3.8) is 0 Å². The van der Waals surface area contributed by atoms with E-state index in [1.54, 1.807) is 0 Å². The summed E-state index contributed by atoms with van der Waals surface area (Å²) in [6.07, 6.45) is 0. The first kappa shape index (κ1) is 19.4. The van der Waals surface area contributed by atoms with Crippen LogP contribution in [-0.2, 0) is 0 Å². The topological polar surface area (TPSA) is 61.0 Å². The van der Waals surface area contributed by atoms with E-state index < -0.39 is 0 Å². The molecule has 5 N–H and O–H groups in total. The Balaban J connectivity index is -0.0000000200. The molecule has 0 aromatic rings. The van der Waals surface area contributed by atoms with Gasteiger partial charge in [0.15, 0.2) is 0 Å². The lowest BCUT2D eigenvalue weighted by Crippen LogP contribution is -2.01. The Morgan fingerprint density at radius 1 is 1.60 bits per heavy atom. The molecule has 5 heteroatoms. The Bertz CT molecular complexity index is 4.85. The molecule has 0 saturated heterocycles. The van der Waals surface area contributed by atoms with Gasteiger partial charge in [-0.2, -0.15) is 0 Å². The predicted octanol–water partition coefficient (Wildman–Crippen LogP) is -1.57. The SMILES string of the molecule is N.[B].[B][B]N. The molecule has 0 rings (SSSR count). The molecule has 0 aliphatic carbocycles. The van der Waals surface area contributed by atoms with Crippen LogP contribution in [0.15, 0.2) is 0 Å². The summed E-state index contributed by atoms with van der Waals surface area (Å²) in [5, 5.41) is 0. The van der Waals surface area contributed by atoms with Crippen LogP contribution in [-0.4, -0.2) is 23.5 Å². The lowest BCUT2D eigenvalue weighted by Gasteiger charge is -1.46. The summed E-state index contributed by atoms with van der Waals surface area (Å²) in [4.78, 5) is 0. The molecule has 0 spiro atoms. The Hall–Kier alpha value is 0.115. The fourth-order valence-electron chi connectivity index (χ4n) is 0. The highest BCUT2D eigenvalue weighted by Crippen LogP contribution is 0.912. The average molecular weight is 65.5 g/mol. The van der Waals surface area contributed by atoms with Gasteiger partial charge in [0.1, 0.15) is 7.31 Å². The monoisotopic (exact) mass is 66.1 g/mol. The minimum Gasteiger partial charge on any atom is -0.382 e. The van der Waals surface area contributed by atoms with Crippen LogP contribution < -0.4 is 11.8 Å². The predicted molar refractivity (Wildman–Crippen MR) is 26.5 cm³/mol. The molecule has 0 atom stereocenters. The van der Waals surface area contributed by atoms with Crippen LogP contribution in [0.4, 0.5) is 0 Å². The van der Waals surface area contributed by atoms with Crippen molar-refractivity contribution in [3.05, 3.63) is 0 Å². The number of hydrogen-bond acceptors (Lipinski definition) is 2. The molecule has 0 saturated carbocycles. The fourth-order valence-corrected chi connectivity index (χ4v) is 0. The summed E-state index contributed by atoms with van der Waals surface area (Å²) in [6.45, 7) is 0. The molecule has 0 aliphatic heterocycles. The van der Waals surface area contributed by atoms with Gasteiger partial charge in [-0.25, -0.2) is 0 Å². The summed E-state index contributed by atoms with van der Waals surface area (Å²) in [6, 6.07) is 0. The van der Waals surface area contributed by atoms with E-state index in [9.17, 15) is 0 Å². The number of rotatable bonds is 0. The zero-order chi connectivity index (χ0) is 2.71. The lowest BCUT2D eigenvalue weighted by atomic mass is 9.69. The van der Waals surface area contributed by atoms with E-state index in [0.717, 1.165) is 7.31 Å². The highest BCUT2D eigenvalue weighted by molar-refractivity contribution is 6.87. The summed E-state index contributed by atoms with van der Waals surface area (Å²) in [7, 11) is 5.50. The van der Waals surface area contributed by atoms with E-state index in [0.29, 0.717) is 0 Å². The molecule has 6 radical (unpaired) electrons. The molecule has 24 valence electrons. The van der Waals surface area contributed by atoms with E-state index in [4.69, 9.17) is 0 Å².